The Morgan fingerprint density at radius 1 is 1.09 bits per heavy atom. The zero-order chi connectivity index (χ0) is 14.8. The van der Waals surface area contributed by atoms with Crippen LogP contribution in [0.2, 0.25) is 0 Å². The van der Waals surface area contributed by atoms with Crippen molar-refractivity contribution >= 4 is 21.9 Å². The monoisotopic (exact) mass is 291 g/mol. The van der Waals surface area contributed by atoms with Gasteiger partial charge in [0.1, 0.15) is 11.2 Å². The van der Waals surface area contributed by atoms with Crippen LogP contribution in [0.3, 0.4) is 0 Å². The van der Waals surface area contributed by atoms with Crippen molar-refractivity contribution in [3.05, 3.63) is 47.5 Å². The van der Waals surface area contributed by atoms with E-state index in [9.17, 15) is 0 Å². The molecule has 2 fully saturated rings. The van der Waals surface area contributed by atoms with E-state index >= 15 is 0 Å². The number of hydrogen-bond acceptors (Lipinski definition) is 2. The minimum absolute atomic E-state index is 0.623. The van der Waals surface area contributed by atoms with Crippen molar-refractivity contribution in [1.29, 1.82) is 0 Å². The van der Waals surface area contributed by atoms with Gasteiger partial charge in [-0.15, -0.1) is 0 Å². The van der Waals surface area contributed by atoms with Gasteiger partial charge >= 0.3 is 0 Å². The second-order valence-corrected chi connectivity index (χ2v) is 7.08. The number of furan rings is 1. The molecule has 0 amide bonds. The topological polar surface area (TPSA) is 16.4 Å². The van der Waals surface area contributed by atoms with Crippen LogP contribution in [0.25, 0.3) is 21.9 Å². The zero-order valence-corrected chi connectivity index (χ0v) is 13.2. The van der Waals surface area contributed by atoms with E-state index in [1.165, 1.54) is 41.4 Å². The Kier molecular flexibility index (Phi) is 2.52. The normalized spacial score (nSPS) is 30.6. The van der Waals surface area contributed by atoms with E-state index in [0.29, 0.717) is 12.0 Å². The zero-order valence-electron chi connectivity index (χ0n) is 13.2. The summed E-state index contributed by atoms with van der Waals surface area (Å²) in [7, 11) is 0. The van der Waals surface area contributed by atoms with Gasteiger partial charge in [0.2, 0.25) is 0 Å². The summed E-state index contributed by atoms with van der Waals surface area (Å²) in [4.78, 5) is 2.65. The van der Waals surface area contributed by atoms with Gasteiger partial charge < -0.3 is 4.42 Å². The molecule has 22 heavy (non-hydrogen) atoms. The Morgan fingerprint density at radius 2 is 1.95 bits per heavy atom. The summed E-state index contributed by atoms with van der Waals surface area (Å²) >= 11 is 0. The van der Waals surface area contributed by atoms with Crippen LogP contribution < -0.4 is 0 Å². The Bertz CT molecular complexity index is 876. The fraction of sp³-hybridized carbons (Fsp3) is 0.400. The van der Waals surface area contributed by atoms with Gasteiger partial charge in [0.05, 0.1) is 0 Å². The lowest BCUT2D eigenvalue weighted by atomic mass is 9.79. The third kappa shape index (κ3) is 1.54. The molecule has 2 aliphatic rings. The largest absolute Gasteiger partial charge is 0.456 e. The number of para-hydroxylation sites is 1. The SMILES string of the molecule is Cc1ccc2c(oc3ccccc32)c1C1C2CCN(C2)C1C. The molecule has 112 valence electrons. The van der Waals surface area contributed by atoms with Gasteiger partial charge in [-0.1, -0.05) is 30.3 Å². The molecule has 0 saturated carbocycles. The maximum Gasteiger partial charge on any atom is 0.139 e. The van der Waals surface area contributed by atoms with Crippen LogP contribution in [0, 0.1) is 12.8 Å². The number of fused-ring (bicyclic) bond motifs is 5. The molecule has 0 radical (unpaired) electrons. The number of benzene rings is 2. The first kappa shape index (κ1) is 12.7. The second-order valence-electron chi connectivity index (χ2n) is 7.08. The van der Waals surface area contributed by atoms with E-state index in [4.69, 9.17) is 4.42 Å². The highest BCUT2D eigenvalue weighted by atomic mass is 16.3. The third-order valence-corrected chi connectivity index (χ3v) is 6.00. The second kappa shape index (κ2) is 4.36. The van der Waals surface area contributed by atoms with Gasteiger partial charge in [-0.05, 0) is 44.4 Å². The molecular weight excluding hydrogens is 270 g/mol. The van der Waals surface area contributed by atoms with Crippen molar-refractivity contribution in [1.82, 2.24) is 4.90 Å². The molecule has 4 atom stereocenters. The van der Waals surface area contributed by atoms with E-state index < -0.39 is 0 Å². The average Bonchev–Trinajstić information content (AvgIpc) is 3.20. The number of nitrogens with zero attached hydrogens (tertiary/aromatic N) is 1. The van der Waals surface area contributed by atoms with Crippen LogP contribution >= 0.6 is 0 Å². The van der Waals surface area contributed by atoms with Crippen LogP contribution in [-0.2, 0) is 0 Å². The lowest BCUT2D eigenvalue weighted by Gasteiger charge is -2.30. The molecule has 2 aromatic carbocycles. The highest BCUT2D eigenvalue weighted by Gasteiger charge is 2.45. The Morgan fingerprint density at radius 3 is 2.77 bits per heavy atom. The lowest BCUT2D eigenvalue weighted by Crippen LogP contribution is -2.32. The summed E-state index contributed by atoms with van der Waals surface area (Å²) < 4.78 is 6.31. The molecule has 4 unspecified atom stereocenters. The summed E-state index contributed by atoms with van der Waals surface area (Å²) in [6, 6.07) is 13.6. The van der Waals surface area contributed by atoms with Gasteiger partial charge in [0, 0.05) is 34.8 Å². The first-order chi connectivity index (χ1) is 10.7. The van der Waals surface area contributed by atoms with Crippen molar-refractivity contribution < 1.29 is 4.42 Å². The fourth-order valence-corrected chi connectivity index (χ4v) is 4.90. The van der Waals surface area contributed by atoms with Gasteiger partial charge in [-0.3, -0.25) is 4.90 Å². The van der Waals surface area contributed by atoms with Crippen LogP contribution in [0.5, 0.6) is 0 Å². The molecule has 2 heteroatoms. The van der Waals surface area contributed by atoms with Crippen molar-refractivity contribution in [3.63, 3.8) is 0 Å². The summed E-state index contributed by atoms with van der Waals surface area (Å²) in [6.45, 7) is 7.18. The van der Waals surface area contributed by atoms with Gasteiger partial charge in [0.15, 0.2) is 0 Å². The molecule has 3 heterocycles. The van der Waals surface area contributed by atoms with Crippen LogP contribution in [-0.4, -0.2) is 24.0 Å². The highest BCUT2D eigenvalue weighted by Crippen LogP contribution is 2.48. The first-order valence-electron chi connectivity index (χ1n) is 8.39. The predicted molar refractivity (Wildman–Crippen MR) is 90.3 cm³/mol. The molecule has 1 aromatic heterocycles. The molecule has 0 spiro atoms. The van der Waals surface area contributed by atoms with E-state index in [0.717, 1.165) is 17.1 Å². The van der Waals surface area contributed by atoms with E-state index in [1.54, 1.807) is 0 Å². The lowest BCUT2D eigenvalue weighted by molar-refractivity contribution is 0.256. The van der Waals surface area contributed by atoms with Crippen LogP contribution in [0.4, 0.5) is 0 Å². The number of rotatable bonds is 1. The summed E-state index contributed by atoms with van der Waals surface area (Å²) in [5, 5.41) is 2.52. The molecular formula is C20H21NO. The number of aryl methyl sites for hydroxylation is 1. The van der Waals surface area contributed by atoms with Crippen molar-refractivity contribution in [2.24, 2.45) is 5.92 Å². The molecule has 3 aromatic rings. The number of piperidine rings is 1. The number of hydrogen-bond donors (Lipinski definition) is 0. The Hall–Kier alpha value is -1.80. The van der Waals surface area contributed by atoms with E-state index in [2.05, 4.69) is 55.1 Å². The summed E-state index contributed by atoms with van der Waals surface area (Å²) in [5.74, 6) is 1.42. The Labute approximate surface area is 130 Å². The summed E-state index contributed by atoms with van der Waals surface area (Å²) in [6.07, 6.45) is 1.34. The first-order valence-corrected chi connectivity index (χ1v) is 8.39. The van der Waals surface area contributed by atoms with Gasteiger partial charge in [-0.2, -0.15) is 0 Å². The Balaban J connectivity index is 1.81. The summed E-state index contributed by atoms with van der Waals surface area (Å²) in [5.41, 5.74) is 5.00. The van der Waals surface area contributed by atoms with Gasteiger partial charge in [-0.25, -0.2) is 0 Å². The quantitative estimate of drug-likeness (QED) is 0.646. The molecule has 0 N–H and O–H groups in total. The molecule has 0 aliphatic carbocycles. The maximum atomic E-state index is 6.31. The van der Waals surface area contributed by atoms with E-state index in [1.807, 2.05) is 0 Å². The maximum absolute atomic E-state index is 6.31. The molecule has 2 saturated heterocycles. The predicted octanol–water partition coefficient (Wildman–Crippen LogP) is 4.70. The fourth-order valence-electron chi connectivity index (χ4n) is 4.90. The van der Waals surface area contributed by atoms with Crippen molar-refractivity contribution in [3.8, 4) is 0 Å². The molecule has 2 nitrogen and oxygen atoms in total. The average molecular weight is 291 g/mol. The van der Waals surface area contributed by atoms with Crippen LogP contribution in [0.15, 0.2) is 40.8 Å². The smallest absolute Gasteiger partial charge is 0.139 e. The molecule has 2 bridgehead atoms. The van der Waals surface area contributed by atoms with Gasteiger partial charge in [0.25, 0.3) is 0 Å². The third-order valence-electron chi connectivity index (χ3n) is 6.00. The van der Waals surface area contributed by atoms with Crippen molar-refractivity contribution in [2.75, 3.05) is 13.1 Å². The molecule has 5 rings (SSSR count). The van der Waals surface area contributed by atoms with Crippen LogP contribution in [0.1, 0.15) is 30.4 Å². The van der Waals surface area contributed by atoms with E-state index in [-0.39, 0.29) is 0 Å². The molecule has 2 aliphatic heterocycles. The standard InChI is InChI=1S/C20H21NO/c1-12-7-8-16-15-5-3-4-6-17(15)22-20(16)18(12)19-13(2)21-10-9-14(19)11-21/h3-8,13-14,19H,9-11H2,1-2H3. The minimum Gasteiger partial charge on any atom is -0.456 e. The van der Waals surface area contributed by atoms with Crippen molar-refractivity contribution in [2.45, 2.75) is 32.2 Å². The minimum atomic E-state index is 0.623. The highest BCUT2D eigenvalue weighted by molar-refractivity contribution is 6.06.